The smallest absolute Gasteiger partial charge is 0.321 e. The summed E-state index contributed by atoms with van der Waals surface area (Å²) < 4.78 is 0. The van der Waals surface area contributed by atoms with Crippen LogP contribution in [0, 0.1) is 17.8 Å². The number of guanidine groups is 1. The topological polar surface area (TPSA) is 518 Å². The average molecular weight is 1870 g/mol. The van der Waals surface area contributed by atoms with Gasteiger partial charge in [0.05, 0.1) is 6.33 Å². The molecule has 0 aliphatic carbocycles. The van der Waals surface area contributed by atoms with Gasteiger partial charge >= 0.3 is 29.8 Å². The van der Waals surface area contributed by atoms with Crippen LogP contribution >= 0.6 is 46.0 Å². The number of nitrogens with one attached hydrogen (secondary N) is 4. The highest BCUT2D eigenvalue weighted by Gasteiger charge is 2.26. The van der Waals surface area contributed by atoms with E-state index in [0.29, 0.717) is 36.7 Å². The number of hydrogen-bond acceptors (Lipinski definition) is 20. The number of H-pyrrole nitrogens is 2. The Balaban J connectivity index is -0.0000000882. The van der Waals surface area contributed by atoms with Crippen molar-refractivity contribution in [2.24, 2.45) is 57.1 Å². The van der Waals surface area contributed by atoms with E-state index < -0.39 is 35.9 Å². The molecule has 24 N–H and O–H groups in total. The SMILES string of the molecule is C.CC.CC(C)O.CC1CNC(C(=O)O)C1.CCC(=O)O.CCC(C)C.CCC(C)C.CCC(N)=O.CCCC(=O)O.CCCC(N)=O.CCCCCN.CCCCN=C(N)N.CCCSC.CCO.CCS.CCSSCC(N)C(=O)O.CCc1c[nH]c2ccccc12.CCc1ccc(O)cc1.CCc1ccccc1.CCc1cnc[nH]1.O=C(O)C1CCCN1. The molecule has 0 bridgehead atoms. The predicted octanol–water partition coefficient (Wildman–Crippen LogP) is 20.1. The number of nitrogens with zero attached hydrogens (tertiary/aromatic N) is 2. The zero-order valence-electron chi connectivity index (χ0n) is 82.5. The summed E-state index contributed by atoms with van der Waals surface area (Å²) in [6, 6.07) is 24.8. The fourth-order valence-corrected chi connectivity index (χ4v) is 9.23. The number of primary amides is 2. The van der Waals surface area contributed by atoms with Crippen LogP contribution in [0.5, 0.6) is 5.75 Å². The number of aliphatic carboxylic acids is 5. The quantitative estimate of drug-likeness (QED) is 0.00763. The van der Waals surface area contributed by atoms with Crippen LogP contribution in [-0.4, -0.2) is 190 Å². The standard InChI is InChI=1S/C10H11N.C8H10O.C8H10.C6H11NO2.C5H13N3.C5H8N2.C5H11NO2S2.C5H9NO2.C5H13N.2C5H12.C4H9NO.C4H8O2.C4H10S.C3H7NO.C3H6O2.C3H8O.C2H6O.C2H6S.C2H6.CH4/c1-2-8-7-11-10-6-4-3-5-9(8)10;1-2-7-3-5-8(9)6-4-7;1-2-8-6-4-3-5-7-8;1-4-2-5(6(8)9)7-3-4;1-2-3-4-8-5(6)7;1-2-5-3-6-4-7-5;1-2-9-10-3-4(6)5(7)8;7-5(8)4-2-1-3-6-4;1-2-3-4-5-6;2*1-4-5(2)3;2*1-2-3-4(5)6;1-3-4-5-2;2*1-2-3(4)5;1-3(2)4;2*1-2-3;1-2;/h3-7,11H,2H2,1H3;3-6,9H,2H2,1H3;3-7H,2H2,1H3;4-5,7H,2-3H2,1H3,(H,8,9);2-4H2,1H3,(H4,6,7,8);3-4H,2H2,1H3,(H,6,7);4H,2-3,6H2,1H3,(H,7,8);4,6H,1-3H2,(H,7,8);2-6H2,1H3;2*5H,4H2,1-3H3;2-3H2,1H3,(H2,5,6);2-3H2,1H3,(H,5,6);3-4H2,1-2H3;2H2,1H3,(H2,4,5);2H2,1H3,(H,4,5);3-4H,1-2H3;2*3H,2H2,1H3;1-2H3;1H4. The van der Waals surface area contributed by atoms with Crippen LogP contribution in [0.2, 0.25) is 0 Å². The van der Waals surface area contributed by atoms with Crippen molar-refractivity contribution in [1.29, 1.82) is 0 Å². The van der Waals surface area contributed by atoms with Gasteiger partial charge in [0.25, 0.3) is 0 Å². The lowest BCUT2D eigenvalue weighted by molar-refractivity contribution is -0.140. The number of para-hydroxylation sites is 1. The Morgan fingerprint density at radius 3 is 1.30 bits per heavy atom. The van der Waals surface area contributed by atoms with Gasteiger partial charge in [-0.2, -0.15) is 24.4 Å². The van der Waals surface area contributed by atoms with Gasteiger partial charge in [-0.1, -0.05) is 274 Å². The van der Waals surface area contributed by atoms with Crippen LogP contribution in [0.1, 0.15) is 312 Å². The number of aliphatic imine (C=N–C) groups is 1. The number of aromatic nitrogens is 3. The molecule has 0 spiro atoms. The number of hydrogen-bond donors (Lipinski definition) is 19. The minimum absolute atomic E-state index is 0. The van der Waals surface area contributed by atoms with Gasteiger partial charge in [0, 0.05) is 85.4 Å². The number of fused-ring (bicyclic) bond motifs is 1. The lowest BCUT2D eigenvalue weighted by atomic mass is 10.1. The lowest BCUT2D eigenvalue weighted by Crippen LogP contribution is -2.32. The zero-order valence-corrected chi connectivity index (χ0v) is 85.8. The maximum absolute atomic E-state index is 10.3. The highest BCUT2D eigenvalue weighted by Crippen LogP contribution is 2.21. The van der Waals surface area contributed by atoms with Gasteiger partial charge in [-0.05, 0) is 188 Å². The number of aromatic hydroxyl groups is 1. The second-order valence-electron chi connectivity index (χ2n) is 27.7. The fraction of sp³-hybridized carbons (Fsp3) is 0.674. The number of imidazole rings is 1. The van der Waals surface area contributed by atoms with Crippen molar-refractivity contribution in [3.8, 4) is 5.75 Å². The molecule has 27 nitrogen and oxygen atoms in total. The van der Waals surface area contributed by atoms with E-state index in [0.717, 1.165) is 120 Å². The first-order chi connectivity index (χ1) is 59.1. The third-order valence-electron chi connectivity index (χ3n) is 14.6. The molecule has 2 saturated heterocycles. The van der Waals surface area contributed by atoms with Crippen LogP contribution in [0.25, 0.3) is 10.9 Å². The predicted molar refractivity (Wildman–Crippen MR) is 552 cm³/mol. The lowest BCUT2D eigenvalue weighted by Gasteiger charge is -2.02. The van der Waals surface area contributed by atoms with Gasteiger partial charge in [-0.15, -0.1) is 0 Å². The Bertz CT molecular complexity index is 2960. The van der Waals surface area contributed by atoms with Crippen LogP contribution in [0.15, 0.2) is 103 Å². The molecule has 4 heterocycles. The highest BCUT2D eigenvalue weighted by molar-refractivity contribution is 8.76. The highest BCUT2D eigenvalue weighted by atomic mass is 33.1. The van der Waals surface area contributed by atoms with Crippen molar-refractivity contribution in [2.75, 3.05) is 62.1 Å². The monoisotopic (exact) mass is 1870 g/mol. The van der Waals surface area contributed by atoms with Crippen molar-refractivity contribution >= 4 is 105 Å². The number of phenols is 1. The van der Waals surface area contributed by atoms with Crippen LogP contribution in [0.4, 0.5) is 0 Å². The first kappa shape index (κ1) is 150. The number of aliphatic hydroxyl groups excluding tert-OH is 2. The molecule has 4 atom stereocenters. The summed E-state index contributed by atoms with van der Waals surface area (Å²) >= 11 is 5.69. The molecule has 3 aromatic carbocycles. The number of unbranched alkanes of at least 4 members (excludes halogenated alkanes) is 3. The molecular weight excluding hydrogens is 1680 g/mol. The number of carbonyl (C=O) groups excluding carboxylic acids is 2. The number of aliphatic hydroxyl groups is 2. The van der Waals surface area contributed by atoms with Gasteiger partial charge in [0.2, 0.25) is 11.8 Å². The number of benzene rings is 3. The van der Waals surface area contributed by atoms with Crippen molar-refractivity contribution in [3.63, 3.8) is 0 Å². The average Bonchev–Trinajstić information content (AvgIpc) is 1.70. The number of nitrogens with two attached hydrogens (primary N) is 6. The molecule has 31 heteroatoms. The van der Waals surface area contributed by atoms with E-state index in [1.54, 1.807) is 63.9 Å². The van der Waals surface area contributed by atoms with Crippen molar-refractivity contribution in [2.45, 2.75) is 340 Å². The molecule has 744 valence electrons. The van der Waals surface area contributed by atoms with E-state index in [-0.39, 0.29) is 56.4 Å². The molecule has 126 heavy (non-hydrogen) atoms. The molecular formula is C95H190N12O15S4. The summed E-state index contributed by atoms with van der Waals surface area (Å²) in [4.78, 5) is 82.8. The molecule has 0 saturated carbocycles. The summed E-state index contributed by atoms with van der Waals surface area (Å²) in [5, 5.41) is 72.4. The summed E-state index contributed by atoms with van der Waals surface area (Å²) in [5.41, 5.74) is 36.5. The number of rotatable bonds is 27. The van der Waals surface area contributed by atoms with E-state index in [1.165, 1.54) is 88.4 Å². The Morgan fingerprint density at radius 1 is 0.603 bits per heavy atom. The summed E-state index contributed by atoms with van der Waals surface area (Å²) in [5.74, 6) is 2.25. The number of aryl methyl sites for hydroxylation is 4. The number of aromatic amines is 2. The fourth-order valence-electron chi connectivity index (χ4n) is 7.04. The van der Waals surface area contributed by atoms with Crippen LogP contribution < -0.4 is 45.0 Å². The second kappa shape index (κ2) is 124. The molecule has 2 aliphatic rings. The molecule has 5 aromatic rings. The molecule has 2 fully saturated rings. The number of thioether (sulfide) groups is 1. The van der Waals surface area contributed by atoms with Gasteiger partial charge in [-0.25, -0.2) is 4.98 Å². The minimum Gasteiger partial charge on any atom is -0.508 e. The van der Waals surface area contributed by atoms with Crippen molar-refractivity contribution < 1.29 is 74.4 Å². The Kier molecular flexibility index (Phi) is 148. The van der Waals surface area contributed by atoms with E-state index in [9.17, 15) is 33.6 Å². The third-order valence-corrected chi connectivity index (χ3v) is 18.0. The van der Waals surface area contributed by atoms with Crippen LogP contribution in [0.3, 0.4) is 0 Å². The molecule has 7 rings (SSSR count). The number of phenolic OH excluding ortho intramolecular Hbond substituents is 1. The normalized spacial score (nSPS) is 12.1. The molecule has 2 aliphatic heterocycles. The number of thiol groups is 1. The summed E-state index contributed by atoms with van der Waals surface area (Å²) in [7, 11) is 3.13. The summed E-state index contributed by atoms with van der Waals surface area (Å²) in [6.45, 7) is 54.1. The van der Waals surface area contributed by atoms with Gasteiger partial charge in [-0.3, -0.25) is 38.6 Å². The van der Waals surface area contributed by atoms with Crippen LogP contribution in [-0.2, 0) is 59.2 Å². The Labute approximate surface area is 784 Å². The largest absolute Gasteiger partial charge is 0.508 e. The maximum atomic E-state index is 10.3. The Hall–Kier alpha value is -7.07. The summed E-state index contributed by atoms with van der Waals surface area (Å²) in [6.07, 6.45) is 27.4. The minimum atomic E-state index is -0.927. The molecule has 0 radical (unpaired) electrons. The number of carboxylic acids is 5. The first-order valence-corrected chi connectivity index (χ1v) is 49.2. The molecule has 2 aromatic heterocycles. The van der Waals surface area contributed by atoms with E-state index in [1.807, 2.05) is 77.7 Å². The Morgan fingerprint density at radius 2 is 1.06 bits per heavy atom. The van der Waals surface area contributed by atoms with Gasteiger partial charge in [0.15, 0.2) is 5.96 Å². The number of amides is 2. The first-order valence-electron chi connectivity index (χ1n) is 44.7. The molecule has 4 unspecified atom stereocenters. The third kappa shape index (κ3) is 148. The number of carbonyl (C=O) groups is 7. The molecule has 2 amide bonds. The van der Waals surface area contributed by atoms with Gasteiger partial charge in [0.1, 0.15) is 23.9 Å². The number of carboxylic acid groups (broad SMARTS) is 5. The van der Waals surface area contributed by atoms with Gasteiger partial charge < -0.3 is 95.9 Å². The van der Waals surface area contributed by atoms with E-state index >= 15 is 0 Å². The van der Waals surface area contributed by atoms with E-state index in [4.69, 9.17) is 69.5 Å². The van der Waals surface area contributed by atoms with E-state index in [2.05, 4.69) is 207 Å². The maximum Gasteiger partial charge on any atom is 0.321 e. The zero-order chi connectivity index (χ0) is 99.6. The second-order valence-corrected chi connectivity index (χ2v) is 32.1. The van der Waals surface area contributed by atoms with Crippen molar-refractivity contribution in [1.82, 2.24) is 25.6 Å². The van der Waals surface area contributed by atoms with Crippen molar-refractivity contribution in [3.05, 3.63) is 120 Å².